The maximum absolute atomic E-state index is 13.1. The molecule has 11 heteroatoms. The number of hydrogen-bond donors (Lipinski definition) is 1. The van der Waals surface area contributed by atoms with Crippen LogP contribution >= 0.6 is 0 Å². The van der Waals surface area contributed by atoms with E-state index in [1.807, 2.05) is 6.07 Å². The second-order valence-corrected chi connectivity index (χ2v) is 9.11. The van der Waals surface area contributed by atoms with Crippen molar-refractivity contribution in [3.05, 3.63) is 81.1 Å². The van der Waals surface area contributed by atoms with E-state index in [4.69, 9.17) is 18.9 Å². The zero-order valence-electron chi connectivity index (χ0n) is 19.5. The summed E-state index contributed by atoms with van der Waals surface area (Å²) in [6, 6.07) is 9.20. The van der Waals surface area contributed by atoms with Gasteiger partial charge in [-0.25, -0.2) is 0 Å². The number of esters is 1. The molecule has 2 aliphatic carbocycles. The number of anilines is 1. The number of benzene rings is 2. The first-order valence-corrected chi connectivity index (χ1v) is 11.5. The summed E-state index contributed by atoms with van der Waals surface area (Å²) in [5.41, 5.74) is 2.55. The smallest absolute Gasteiger partial charge is 0.310 e. The fourth-order valence-corrected chi connectivity index (χ4v) is 5.53. The number of fused-ring (bicyclic) bond motifs is 3. The van der Waals surface area contributed by atoms with E-state index in [-0.39, 0.29) is 30.8 Å². The summed E-state index contributed by atoms with van der Waals surface area (Å²) >= 11 is 0. The molecule has 0 amide bonds. The SMILES string of the molecule is COC1=CC([C@H]2c3cc4c(cc3[C@@H](Nc3ccc([N+](=O)[O-])cc3)C3COC(=O)[C@@H]32)OCO4)=CC(=O)C1=O. The van der Waals surface area contributed by atoms with Crippen LogP contribution in [0, 0.1) is 22.0 Å². The molecule has 1 fully saturated rings. The number of carbonyl (C=O) groups excluding carboxylic acids is 3. The van der Waals surface area contributed by atoms with Gasteiger partial charge in [0.05, 0.1) is 30.6 Å². The van der Waals surface area contributed by atoms with Gasteiger partial charge in [-0.2, -0.15) is 0 Å². The van der Waals surface area contributed by atoms with Crippen molar-refractivity contribution in [1.82, 2.24) is 0 Å². The molecule has 11 nitrogen and oxygen atoms in total. The van der Waals surface area contributed by atoms with E-state index in [1.54, 1.807) is 18.2 Å². The van der Waals surface area contributed by atoms with E-state index in [2.05, 4.69) is 5.32 Å². The van der Waals surface area contributed by atoms with Gasteiger partial charge in [0.2, 0.25) is 12.6 Å². The van der Waals surface area contributed by atoms with E-state index < -0.39 is 40.3 Å². The van der Waals surface area contributed by atoms with E-state index in [0.717, 1.165) is 5.56 Å². The first-order chi connectivity index (χ1) is 17.9. The van der Waals surface area contributed by atoms with Crippen LogP contribution < -0.4 is 14.8 Å². The molecule has 1 unspecified atom stereocenters. The Kier molecular flexibility index (Phi) is 5.21. The number of ether oxygens (including phenoxy) is 4. The van der Waals surface area contributed by atoms with Crippen molar-refractivity contribution >= 4 is 28.9 Å². The van der Waals surface area contributed by atoms with Gasteiger partial charge in [-0.05, 0) is 53.1 Å². The zero-order chi connectivity index (χ0) is 25.8. The Bertz CT molecular complexity index is 1430. The third-order valence-corrected chi connectivity index (χ3v) is 7.21. The van der Waals surface area contributed by atoms with Crippen molar-refractivity contribution in [3.8, 4) is 11.5 Å². The minimum Gasteiger partial charge on any atom is -0.492 e. The van der Waals surface area contributed by atoms with Gasteiger partial charge in [0.25, 0.3) is 11.5 Å². The number of carbonyl (C=O) groups is 3. The molecule has 0 bridgehead atoms. The average Bonchev–Trinajstić information content (AvgIpc) is 3.51. The van der Waals surface area contributed by atoms with E-state index in [9.17, 15) is 24.5 Å². The van der Waals surface area contributed by atoms with Crippen molar-refractivity contribution in [1.29, 1.82) is 0 Å². The Morgan fingerprint density at radius 1 is 1.00 bits per heavy atom. The second kappa shape index (κ2) is 8.47. The largest absolute Gasteiger partial charge is 0.492 e. The topological polar surface area (TPSA) is 143 Å². The van der Waals surface area contributed by atoms with E-state index in [0.29, 0.717) is 28.3 Å². The number of non-ortho nitro benzene ring substituents is 1. The third-order valence-electron chi connectivity index (χ3n) is 7.21. The Hall–Kier alpha value is -4.67. The quantitative estimate of drug-likeness (QED) is 0.212. The molecule has 2 heterocycles. The number of methoxy groups -OCH3 is 1. The summed E-state index contributed by atoms with van der Waals surface area (Å²) in [5.74, 6) is -2.61. The highest BCUT2D eigenvalue weighted by Crippen LogP contribution is 2.55. The van der Waals surface area contributed by atoms with Crippen LogP contribution in [0.2, 0.25) is 0 Å². The summed E-state index contributed by atoms with van der Waals surface area (Å²) in [6.45, 7) is 0.168. The highest BCUT2D eigenvalue weighted by Gasteiger charge is 2.53. The lowest BCUT2D eigenvalue weighted by molar-refractivity contribution is -0.384. The van der Waals surface area contributed by atoms with Crippen LogP contribution in [0.1, 0.15) is 23.1 Å². The number of allylic oxidation sites excluding steroid dienone is 4. The summed E-state index contributed by atoms with van der Waals surface area (Å²) in [7, 11) is 1.31. The molecule has 2 aliphatic heterocycles. The molecule has 0 aromatic heterocycles. The van der Waals surface area contributed by atoms with Crippen molar-refractivity contribution in [2.24, 2.45) is 11.8 Å². The molecule has 6 rings (SSSR count). The van der Waals surface area contributed by atoms with Crippen molar-refractivity contribution in [3.63, 3.8) is 0 Å². The van der Waals surface area contributed by atoms with Gasteiger partial charge in [-0.15, -0.1) is 0 Å². The highest BCUT2D eigenvalue weighted by molar-refractivity contribution is 6.47. The molecule has 2 aromatic rings. The molecule has 1 N–H and O–H groups in total. The third kappa shape index (κ3) is 3.62. The number of cyclic esters (lactones) is 1. The first-order valence-electron chi connectivity index (χ1n) is 11.5. The summed E-state index contributed by atoms with van der Waals surface area (Å²) in [6.07, 6.45) is 2.74. The fraction of sp³-hybridized carbons (Fsp3) is 0.269. The number of nitrogens with one attached hydrogen (secondary N) is 1. The lowest BCUT2D eigenvalue weighted by Gasteiger charge is -2.40. The van der Waals surface area contributed by atoms with Crippen LogP contribution in [0.5, 0.6) is 11.5 Å². The summed E-state index contributed by atoms with van der Waals surface area (Å²) in [5, 5.41) is 14.5. The Morgan fingerprint density at radius 2 is 1.70 bits per heavy atom. The lowest BCUT2D eigenvalue weighted by atomic mass is 9.64. The van der Waals surface area contributed by atoms with Gasteiger partial charge < -0.3 is 24.3 Å². The van der Waals surface area contributed by atoms with Gasteiger partial charge in [0, 0.05) is 29.7 Å². The molecule has 1 saturated heterocycles. The monoisotopic (exact) mass is 504 g/mol. The Balaban J connectivity index is 1.49. The molecule has 4 aliphatic rings. The van der Waals surface area contributed by atoms with Gasteiger partial charge in [0.1, 0.15) is 0 Å². The predicted octanol–water partition coefficient (Wildman–Crippen LogP) is 2.97. The van der Waals surface area contributed by atoms with Crippen LogP contribution in [0.3, 0.4) is 0 Å². The van der Waals surface area contributed by atoms with Crippen molar-refractivity contribution < 1.29 is 38.3 Å². The average molecular weight is 504 g/mol. The minimum absolute atomic E-state index is 0.0422. The molecule has 0 saturated carbocycles. The van der Waals surface area contributed by atoms with Gasteiger partial charge >= 0.3 is 5.97 Å². The maximum Gasteiger partial charge on any atom is 0.310 e. The molecule has 37 heavy (non-hydrogen) atoms. The van der Waals surface area contributed by atoms with Gasteiger partial charge in [-0.3, -0.25) is 24.5 Å². The lowest BCUT2D eigenvalue weighted by Crippen LogP contribution is -2.38. The maximum atomic E-state index is 13.1. The second-order valence-electron chi connectivity index (χ2n) is 9.11. The predicted molar refractivity (Wildman–Crippen MR) is 126 cm³/mol. The molecule has 0 spiro atoms. The number of rotatable bonds is 5. The van der Waals surface area contributed by atoms with Gasteiger partial charge in [0.15, 0.2) is 17.3 Å². The summed E-state index contributed by atoms with van der Waals surface area (Å²) in [4.78, 5) is 48.4. The van der Waals surface area contributed by atoms with E-state index in [1.165, 1.54) is 31.4 Å². The molecular formula is C26H20N2O9. The number of hydrogen-bond acceptors (Lipinski definition) is 10. The molecule has 188 valence electrons. The molecule has 2 aromatic carbocycles. The number of nitro groups is 1. The number of Topliss-reactive ketones (excluding diaryl/α,β-unsaturated/α-hetero) is 1. The Labute approximate surface area is 209 Å². The van der Waals surface area contributed by atoms with Crippen molar-refractivity contribution in [2.75, 3.05) is 25.8 Å². The first kappa shape index (κ1) is 22.8. The van der Waals surface area contributed by atoms with Crippen LogP contribution in [0.4, 0.5) is 11.4 Å². The number of ketones is 2. The minimum atomic E-state index is -0.753. The number of nitro benzene ring substituents is 1. The zero-order valence-corrected chi connectivity index (χ0v) is 19.5. The summed E-state index contributed by atoms with van der Waals surface area (Å²) < 4.78 is 21.9. The number of nitrogens with zero attached hydrogens (tertiary/aromatic N) is 1. The van der Waals surface area contributed by atoms with Crippen molar-refractivity contribution in [2.45, 2.75) is 12.0 Å². The van der Waals surface area contributed by atoms with Crippen LogP contribution in [-0.2, 0) is 23.9 Å². The normalized spacial score (nSPS) is 25.5. The van der Waals surface area contributed by atoms with Crippen LogP contribution in [0.25, 0.3) is 0 Å². The van der Waals surface area contributed by atoms with Crippen LogP contribution in [-0.4, -0.2) is 43.0 Å². The van der Waals surface area contributed by atoms with E-state index >= 15 is 0 Å². The molecule has 4 atom stereocenters. The molecular weight excluding hydrogens is 484 g/mol. The van der Waals surface area contributed by atoms with Crippen LogP contribution in [0.15, 0.2) is 59.9 Å². The molecule has 0 radical (unpaired) electrons. The fourth-order valence-electron chi connectivity index (χ4n) is 5.53. The van der Waals surface area contributed by atoms with Gasteiger partial charge in [-0.1, -0.05) is 0 Å². The standard InChI is InChI=1S/C26H20N2O9/c1-34-21-7-12(6-18(29)25(21)30)22-15-8-19-20(37-11-36-19)9-16(15)24(17-10-35-26(31)23(17)22)27-13-2-4-14(5-3-13)28(32)33/h2-9,17,22-24,27H,10-11H2,1H3/t17?,22-,23-,24+/m0/s1. The Morgan fingerprint density at radius 3 is 2.38 bits per heavy atom. The highest BCUT2D eigenvalue weighted by atomic mass is 16.7.